The Labute approximate surface area is 173 Å². The summed E-state index contributed by atoms with van der Waals surface area (Å²) in [6.45, 7) is 1.98. The molecule has 0 unspecified atom stereocenters. The van der Waals surface area contributed by atoms with Crippen molar-refractivity contribution in [1.82, 2.24) is 9.97 Å². The number of rotatable bonds is 4. The summed E-state index contributed by atoms with van der Waals surface area (Å²) in [5, 5.41) is 4.55. The second kappa shape index (κ2) is 7.77. The Morgan fingerprint density at radius 1 is 1.11 bits per heavy atom. The van der Waals surface area contributed by atoms with Gasteiger partial charge >= 0.3 is 0 Å². The molecule has 3 aromatic rings. The van der Waals surface area contributed by atoms with Crippen molar-refractivity contribution in [3.8, 4) is 0 Å². The van der Waals surface area contributed by atoms with Gasteiger partial charge in [0.15, 0.2) is 9.84 Å². The highest BCUT2D eigenvalue weighted by atomic mass is 35.5. The number of nitrogens with zero attached hydrogens (tertiary/aromatic N) is 3. The summed E-state index contributed by atoms with van der Waals surface area (Å²) in [6, 6.07) is 10.7. The molecule has 4 rings (SSSR count). The van der Waals surface area contributed by atoms with Crippen molar-refractivity contribution in [2.45, 2.75) is 4.90 Å². The molecule has 0 amide bonds. The molecule has 0 aliphatic carbocycles. The third-order valence-corrected chi connectivity index (χ3v) is 6.95. The molecule has 0 bridgehead atoms. The van der Waals surface area contributed by atoms with E-state index in [1.54, 1.807) is 18.2 Å². The average Bonchev–Trinajstić information content (AvgIpc) is 2.68. The normalized spacial score (nSPS) is 15.0. The quantitative estimate of drug-likeness (QED) is 0.665. The molecule has 6 nitrogen and oxygen atoms in total. The molecule has 1 aromatic heterocycles. The molecule has 1 aliphatic rings. The van der Waals surface area contributed by atoms with Crippen molar-refractivity contribution >= 4 is 61.3 Å². The highest BCUT2D eigenvalue weighted by Gasteiger charge is 2.15. The fourth-order valence-electron chi connectivity index (χ4n) is 3.15. The van der Waals surface area contributed by atoms with E-state index in [1.165, 1.54) is 12.6 Å². The number of sulfone groups is 1. The van der Waals surface area contributed by atoms with Crippen LogP contribution in [0.3, 0.4) is 0 Å². The maximum Gasteiger partial charge on any atom is 0.175 e. The van der Waals surface area contributed by atoms with E-state index in [1.807, 2.05) is 30.0 Å². The fraction of sp³-hybridized carbons (Fsp3) is 0.263. The molecule has 9 heteroatoms. The van der Waals surface area contributed by atoms with Gasteiger partial charge in [-0.1, -0.05) is 11.6 Å². The third-order valence-electron chi connectivity index (χ3n) is 4.60. The molecule has 2 heterocycles. The number of benzene rings is 2. The van der Waals surface area contributed by atoms with Crippen molar-refractivity contribution in [1.29, 1.82) is 0 Å². The Balaban J connectivity index is 1.67. The second-order valence-electron chi connectivity index (χ2n) is 6.56. The minimum Gasteiger partial charge on any atom is -0.369 e. The van der Waals surface area contributed by atoms with Crippen LogP contribution in [0.15, 0.2) is 47.6 Å². The number of aromatic nitrogens is 2. The summed E-state index contributed by atoms with van der Waals surface area (Å²) in [5.74, 6) is 2.74. The number of halogens is 1. The van der Waals surface area contributed by atoms with Gasteiger partial charge in [0, 0.05) is 41.9 Å². The zero-order chi connectivity index (χ0) is 19.7. The molecule has 1 fully saturated rings. The number of fused-ring (bicyclic) bond motifs is 1. The van der Waals surface area contributed by atoms with Crippen molar-refractivity contribution < 1.29 is 8.42 Å². The van der Waals surface area contributed by atoms with Crippen LogP contribution in [0.1, 0.15) is 0 Å². The molecule has 1 N–H and O–H groups in total. The van der Waals surface area contributed by atoms with Gasteiger partial charge in [-0.3, -0.25) is 0 Å². The monoisotopic (exact) mass is 434 g/mol. The van der Waals surface area contributed by atoms with E-state index in [4.69, 9.17) is 11.6 Å². The summed E-state index contributed by atoms with van der Waals surface area (Å²) < 4.78 is 23.8. The van der Waals surface area contributed by atoms with Gasteiger partial charge in [-0.2, -0.15) is 11.8 Å². The number of hydrogen-bond acceptors (Lipinski definition) is 7. The topological polar surface area (TPSA) is 75.2 Å². The predicted molar refractivity (Wildman–Crippen MR) is 117 cm³/mol. The van der Waals surface area contributed by atoms with E-state index in [0.717, 1.165) is 36.0 Å². The molecule has 1 saturated heterocycles. The van der Waals surface area contributed by atoms with Gasteiger partial charge in [-0.05, 0) is 36.4 Å². The second-order valence-corrected chi connectivity index (χ2v) is 10.2. The van der Waals surface area contributed by atoms with Gasteiger partial charge in [-0.15, -0.1) is 0 Å². The Morgan fingerprint density at radius 2 is 1.89 bits per heavy atom. The zero-order valence-corrected chi connectivity index (χ0v) is 17.6. The van der Waals surface area contributed by atoms with E-state index in [0.29, 0.717) is 21.7 Å². The molecule has 0 saturated carbocycles. The standard InChI is InChI=1S/C19H19ClN4O2S2/c1-28(25,26)14-3-4-17-15(11-14)19(22-12-21-17)23-13-2-5-18(16(20)10-13)24-6-8-27-9-7-24/h2-5,10-12H,6-9H2,1H3,(H,21,22,23). The van der Waals surface area contributed by atoms with Gasteiger partial charge < -0.3 is 10.2 Å². The zero-order valence-electron chi connectivity index (χ0n) is 15.2. The Hall–Kier alpha value is -2.03. The number of anilines is 3. The predicted octanol–water partition coefficient (Wildman–Crippen LogP) is 3.98. The lowest BCUT2D eigenvalue weighted by Crippen LogP contribution is -2.32. The summed E-state index contributed by atoms with van der Waals surface area (Å²) in [4.78, 5) is 11.0. The third kappa shape index (κ3) is 4.04. The van der Waals surface area contributed by atoms with E-state index in [-0.39, 0.29) is 4.90 Å². The van der Waals surface area contributed by atoms with Crippen LogP contribution in [0.4, 0.5) is 17.2 Å². The van der Waals surface area contributed by atoms with Gasteiger partial charge in [0.2, 0.25) is 0 Å². The molecule has 1 aliphatic heterocycles. The maximum atomic E-state index is 11.9. The lowest BCUT2D eigenvalue weighted by atomic mass is 10.2. The lowest BCUT2D eigenvalue weighted by Gasteiger charge is -2.29. The van der Waals surface area contributed by atoms with Crippen molar-refractivity contribution in [3.63, 3.8) is 0 Å². The van der Waals surface area contributed by atoms with Crippen LogP contribution in [0.25, 0.3) is 10.9 Å². The van der Waals surface area contributed by atoms with Gasteiger partial charge in [0.25, 0.3) is 0 Å². The number of nitrogens with one attached hydrogen (secondary N) is 1. The first-order chi connectivity index (χ1) is 13.4. The van der Waals surface area contributed by atoms with Crippen LogP contribution in [0.5, 0.6) is 0 Å². The van der Waals surface area contributed by atoms with Crippen molar-refractivity contribution in [2.75, 3.05) is 41.1 Å². The van der Waals surface area contributed by atoms with Crippen LogP contribution in [0, 0.1) is 0 Å². The fourth-order valence-corrected chi connectivity index (χ4v) is 5.00. The molecule has 0 spiro atoms. The Morgan fingerprint density at radius 3 is 2.61 bits per heavy atom. The number of hydrogen-bond donors (Lipinski definition) is 1. The molecular formula is C19H19ClN4O2S2. The van der Waals surface area contributed by atoms with E-state index in [9.17, 15) is 8.42 Å². The number of thioether (sulfide) groups is 1. The average molecular weight is 435 g/mol. The minimum absolute atomic E-state index is 0.231. The summed E-state index contributed by atoms with van der Waals surface area (Å²) in [7, 11) is -3.32. The van der Waals surface area contributed by atoms with Crippen LogP contribution in [0.2, 0.25) is 5.02 Å². The first-order valence-electron chi connectivity index (χ1n) is 8.76. The first kappa shape index (κ1) is 19.3. The largest absolute Gasteiger partial charge is 0.369 e. The molecular weight excluding hydrogens is 416 g/mol. The van der Waals surface area contributed by atoms with Crippen LogP contribution in [-0.2, 0) is 9.84 Å². The van der Waals surface area contributed by atoms with Crippen LogP contribution < -0.4 is 10.2 Å². The van der Waals surface area contributed by atoms with E-state index >= 15 is 0 Å². The van der Waals surface area contributed by atoms with Gasteiger partial charge in [0.1, 0.15) is 12.1 Å². The molecule has 0 atom stereocenters. The highest BCUT2D eigenvalue weighted by Crippen LogP contribution is 2.32. The summed E-state index contributed by atoms with van der Waals surface area (Å²) >= 11 is 8.49. The highest BCUT2D eigenvalue weighted by molar-refractivity contribution is 7.99. The minimum atomic E-state index is -3.32. The first-order valence-corrected chi connectivity index (χ1v) is 12.2. The molecule has 0 radical (unpaired) electrons. The van der Waals surface area contributed by atoms with E-state index < -0.39 is 9.84 Å². The van der Waals surface area contributed by atoms with Crippen molar-refractivity contribution in [3.05, 3.63) is 47.7 Å². The summed E-state index contributed by atoms with van der Waals surface area (Å²) in [6.07, 6.45) is 2.63. The Bertz CT molecular complexity index is 1130. The van der Waals surface area contributed by atoms with Gasteiger partial charge in [0.05, 0.1) is 21.1 Å². The Kier molecular flexibility index (Phi) is 5.35. The SMILES string of the molecule is CS(=O)(=O)c1ccc2ncnc(Nc3ccc(N4CCSCC4)c(Cl)c3)c2c1. The van der Waals surface area contributed by atoms with Crippen LogP contribution in [-0.4, -0.2) is 49.2 Å². The maximum absolute atomic E-state index is 11.9. The lowest BCUT2D eigenvalue weighted by molar-refractivity contribution is 0.602. The smallest absolute Gasteiger partial charge is 0.175 e. The van der Waals surface area contributed by atoms with Gasteiger partial charge in [-0.25, -0.2) is 18.4 Å². The molecule has 146 valence electrons. The summed E-state index contributed by atoms with van der Waals surface area (Å²) in [5.41, 5.74) is 2.47. The van der Waals surface area contributed by atoms with Crippen LogP contribution >= 0.6 is 23.4 Å². The van der Waals surface area contributed by atoms with Crippen molar-refractivity contribution in [2.24, 2.45) is 0 Å². The molecule has 28 heavy (non-hydrogen) atoms. The van der Waals surface area contributed by atoms with E-state index in [2.05, 4.69) is 20.2 Å². The molecule has 2 aromatic carbocycles.